The van der Waals surface area contributed by atoms with Crippen molar-refractivity contribution < 1.29 is 37.7 Å². The normalized spacial score (nSPS) is 42.9. The number of anilines is 1. The Bertz CT molecular complexity index is 962. The molecule has 0 saturated carbocycles. The van der Waals surface area contributed by atoms with Crippen molar-refractivity contribution in [1.29, 1.82) is 5.26 Å². The molecule has 7 nitrogen and oxygen atoms in total. The van der Waals surface area contributed by atoms with E-state index in [0.717, 1.165) is 17.0 Å². The molecule has 29 heavy (non-hydrogen) atoms. The highest BCUT2D eigenvalue weighted by molar-refractivity contribution is 6.00. The molecule has 154 valence electrons. The zero-order chi connectivity index (χ0) is 20.9. The van der Waals surface area contributed by atoms with Gasteiger partial charge in [0.05, 0.1) is 35.6 Å². The number of aliphatic hydroxyl groups is 2. The van der Waals surface area contributed by atoms with Crippen LogP contribution in [0.5, 0.6) is 0 Å². The molecule has 4 aliphatic rings. The number of amides is 1. The number of rotatable bonds is 1. The maximum Gasteiger partial charge on any atom is 0.417 e. The van der Waals surface area contributed by atoms with E-state index in [2.05, 4.69) is 0 Å². The lowest BCUT2D eigenvalue weighted by Gasteiger charge is -2.44. The number of nitrogens with zero attached hydrogens (tertiary/aromatic N) is 2. The molecule has 2 N–H and O–H groups in total. The van der Waals surface area contributed by atoms with Crippen molar-refractivity contribution in [3.05, 3.63) is 29.3 Å². The molecule has 1 aromatic carbocycles. The minimum atomic E-state index is -4.77. The van der Waals surface area contributed by atoms with Crippen LogP contribution in [0.1, 0.15) is 24.5 Å². The predicted molar refractivity (Wildman–Crippen MR) is 89.2 cm³/mol. The number of fused-ring (bicyclic) bond motifs is 2. The van der Waals surface area contributed by atoms with Gasteiger partial charge in [0.15, 0.2) is 0 Å². The highest BCUT2D eigenvalue weighted by Gasteiger charge is 2.81. The van der Waals surface area contributed by atoms with Crippen LogP contribution in [0.2, 0.25) is 0 Å². The maximum absolute atomic E-state index is 13.4. The Morgan fingerprint density at radius 1 is 1.31 bits per heavy atom. The molecule has 7 atom stereocenters. The summed E-state index contributed by atoms with van der Waals surface area (Å²) < 4.78 is 52.0. The largest absolute Gasteiger partial charge is 0.417 e. The molecular weight excluding hydrogens is 393 g/mol. The first-order valence-corrected chi connectivity index (χ1v) is 9.18. The number of hydrogen-bond acceptors (Lipinski definition) is 6. The van der Waals surface area contributed by atoms with Crippen LogP contribution in [-0.4, -0.2) is 52.4 Å². The van der Waals surface area contributed by atoms with Gasteiger partial charge in [-0.15, -0.1) is 0 Å². The quantitative estimate of drug-likeness (QED) is 0.721. The summed E-state index contributed by atoms with van der Waals surface area (Å²) in [5.41, 5.74) is -4.29. The number of carbonyl (C=O) groups excluding carboxylic acids is 1. The van der Waals surface area contributed by atoms with Crippen LogP contribution >= 0.6 is 0 Å². The van der Waals surface area contributed by atoms with Gasteiger partial charge in [0.1, 0.15) is 29.6 Å². The highest BCUT2D eigenvalue weighted by Crippen LogP contribution is 2.65. The van der Waals surface area contributed by atoms with E-state index in [9.17, 15) is 28.2 Å². The second-order valence-electron chi connectivity index (χ2n) is 8.19. The lowest BCUT2D eigenvalue weighted by Crippen LogP contribution is -2.61. The summed E-state index contributed by atoms with van der Waals surface area (Å²) in [5, 5.41) is 30.1. The summed E-state index contributed by atoms with van der Waals surface area (Å²) >= 11 is 0. The van der Waals surface area contributed by atoms with Crippen molar-refractivity contribution >= 4 is 11.6 Å². The molecule has 0 aliphatic carbocycles. The van der Waals surface area contributed by atoms with E-state index >= 15 is 0 Å². The van der Waals surface area contributed by atoms with Gasteiger partial charge >= 0.3 is 6.18 Å². The summed E-state index contributed by atoms with van der Waals surface area (Å²) in [5.74, 6) is -2.02. The van der Waals surface area contributed by atoms with Gasteiger partial charge in [-0.3, -0.25) is 9.69 Å². The molecule has 1 aromatic rings. The molecule has 4 heterocycles. The van der Waals surface area contributed by atoms with Crippen LogP contribution in [0.15, 0.2) is 18.2 Å². The third-order valence-electron chi connectivity index (χ3n) is 6.89. The zero-order valence-corrected chi connectivity index (χ0v) is 15.2. The van der Waals surface area contributed by atoms with Crippen molar-refractivity contribution in [3.8, 4) is 6.07 Å². The van der Waals surface area contributed by atoms with Crippen LogP contribution in [-0.2, 0) is 20.4 Å². The molecule has 4 saturated heterocycles. The SMILES string of the molecule is CC12OC3(CCO[C@H]4C3C1C(=O)N4c1ccc(C#N)c(C(F)(F)F)c1)[C@@H](O)[C@H]2O. The van der Waals surface area contributed by atoms with Gasteiger partial charge in [-0.25, -0.2) is 0 Å². The summed E-state index contributed by atoms with van der Waals surface area (Å²) in [6, 6.07) is 4.57. The smallest absolute Gasteiger partial charge is 0.387 e. The van der Waals surface area contributed by atoms with Gasteiger partial charge in [0, 0.05) is 12.1 Å². The monoisotopic (exact) mass is 410 g/mol. The second-order valence-corrected chi connectivity index (χ2v) is 8.19. The number of aliphatic hydroxyl groups excluding tert-OH is 2. The average molecular weight is 410 g/mol. The molecule has 4 aliphatic heterocycles. The molecule has 1 amide bonds. The van der Waals surface area contributed by atoms with E-state index in [1.54, 1.807) is 0 Å². The van der Waals surface area contributed by atoms with Crippen molar-refractivity contribution in [3.63, 3.8) is 0 Å². The summed E-state index contributed by atoms with van der Waals surface area (Å²) in [6.07, 6.45) is -7.95. The Hall–Kier alpha value is -2.19. The molecule has 0 radical (unpaired) electrons. The number of nitriles is 1. The maximum atomic E-state index is 13.4. The van der Waals surface area contributed by atoms with Crippen LogP contribution in [0.3, 0.4) is 0 Å². The van der Waals surface area contributed by atoms with Gasteiger partial charge < -0.3 is 19.7 Å². The molecule has 1 spiro atoms. The van der Waals surface area contributed by atoms with E-state index in [0.29, 0.717) is 0 Å². The topological polar surface area (TPSA) is 103 Å². The van der Waals surface area contributed by atoms with Crippen molar-refractivity contribution in [1.82, 2.24) is 0 Å². The fourth-order valence-corrected chi connectivity index (χ4v) is 5.67. The van der Waals surface area contributed by atoms with Crippen LogP contribution in [0.4, 0.5) is 18.9 Å². The number of hydrogen-bond donors (Lipinski definition) is 2. The molecular formula is C19H17F3N2O5. The van der Waals surface area contributed by atoms with Gasteiger partial charge in [-0.05, 0) is 25.1 Å². The summed E-state index contributed by atoms with van der Waals surface area (Å²) in [6.45, 7) is 1.65. The first-order valence-electron chi connectivity index (χ1n) is 9.18. The lowest BCUT2D eigenvalue weighted by atomic mass is 9.63. The molecule has 4 unspecified atom stereocenters. The van der Waals surface area contributed by atoms with Crippen LogP contribution < -0.4 is 4.90 Å². The number of alkyl halides is 3. The van der Waals surface area contributed by atoms with Gasteiger partial charge in [0.25, 0.3) is 0 Å². The number of carbonyl (C=O) groups is 1. The summed E-state index contributed by atoms with van der Waals surface area (Å²) in [4.78, 5) is 14.5. The predicted octanol–water partition coefficient (Wildman–Crippen LogP) is 1.17. The van der Waals surface area contributed by atoms with Crippen molar-refractivity contribution in [2.75, 3.05) is 11.5 Å². The first kappa shape index (κ1) is 18.8. The van der Waals surface area contributed by atoms with E-state index < -0.39 is 64.7 Å². The molecule has 0 aromatic heterocycles. The molecule has 5 rings (SSSR count). The third-order valence-corrected chi connectivity index (χ3v) is 6.89. The number of benzene rings is 1. The fraction of sp³-hybridized carbons (Fsp3) is 0.579. The first-order chi connectivity index (χ1) is 13.6. The Labute approximate surface area is 163 Å². The van der Waals surface area contributed by atoms with Crippen LogP contribution in [0.25, 0.3) is 0 Å². The standard InChI is InChI=1S/C19H17F3N2O5/c1-17-11-12-16(28-5-4-18(12,29-17)14(26)13(17)25)24(15(11)27)9-3-2-8(7-23)10(6-9)19(20,21)22/h2-3,6,11-14,16,25-26H,4-5H2,1H3/t11?,12?,13-,14+,16+,17?,18?/m1/s1. The summed E-state index contributed by atoms with van der Waals surface area (Å²) in [7, 11) is 0. The fourth-order valence-electron chi connectivity index (χ4n) is 5.67. The van der Waals surface area contributed by atoms with Crippen LogP contribution in [0, 0.1) is 23.2 Å². The molecule has 10 heteroatoms. The number of ether oxygens (including phenoxy) is 2. The van der Waals surface area contributed by atoms with E-state index in [4.69, 9.17) is 14.7 Å². The Kier molecular flexibility index (Phi) is 3.56. The minimum absolute atomic E-state index is 0.0512. The Morgan fingerprint density at radius 3 is 2.69 bits per heavy atom. The van der Waals surface area contributed by atoms with Crippen molar-refractivity contribution in [2.24, 2.45) is 11.8 Å². The third kappa shape index (κ3) is 2.08. The Morgan fingerprint density at radius 2 is 2.03 bits per heavy atom. The van der Waals surface area contributed by atoms with E-state index in [-0.39, 0.29) is 18.7 Å². The van der Waals surface area contributed by atoms with E-state index in [1.807, 2.05) is 0 Å². The lowest BCUT2D eigenvalue weighted by molar-refractivity contribution is -0.165. The number of halogens is 3. The Balaban J connectivity index is 1.64. The van der Waals surface area contributed by atoms with Crippen molar-refractivity contribution in [2.45, 2.75) is 49.2 Å². The van der Waals surface area contributed by atoms with E-state index in [1.165, 1.54) is 19.1 Å². The molecule has 2 bridgehead atoms. The average Bonchev–Trinajstić information content (AvgIpc) is 3.20. The zero-order valence-electron chi connectivity index (χ0n) is 15.2. The van der Waals surface area contributed by atoms with Gasteiger partial charge in [0.2, 0.25) is 5.91 Å². The second kappa shape index (κ2) is 5.49. The molecule has 4 fully saturated rings. The minimum Gasteiger partial charge on any atom is -0.387 e. The van der Waals surface area contributed by atoms with Gasteiger partial charge in [-0.1, -0.05) is 0 Å². The van der Waals surface area contributed by atoms with Gasteiger partial charge in [-0.2, -0.15) is 18.4 Å². The highest BCUT2D eigenvalue weighted by atomic mass is 19.4.